The van der Waals surface area contributed by atoms with Crippen LogP contribution < -0.4 is 15.8 Å². The molecular weight excluding hydrogens is 430 g/mol. The van der Waals surface area contributed by atoms with Crippen molar-refractivity contribution < 1.29 is 17.6 Å². The van der Waals surface area contributed by atoms with Gasteiger partial charge >= 0.3 is 5.76 Å². The molecule has 0 saturated carbocycles. The number of nitrogens with zero attached hydrogens (tertiary/aromatic N) is 1. The second-order valence-electron chi connectivity index (χ2n) is 8.63. The highest BCUT2D eigenvalue weighted by atomic mass is 32.2. The van der Waals surface area contributed by atoms with E-state index >= 15 is 0 Å². The standard InChI is InChI=1S/C23H29N3O5S/c1-14(2)12-19(22(27)24-17-8-6-16(7-9-17)15(3)4)25-32(29,30)18-10-11-20-21(13-18)31-23(28)26(20)5/h6-11,13-15,19,25H,12H2,1-5H3,(H,24,27)/t19-/m0/s1. The van der Waals surface area contributed by atoms with Gasteiger partial charge in [-0.25, -0.2) is 13.2 Å². The molecule has 1 amide bonds. The third-order valence-corrected chi connectivity index (χ3v) is 6.71. The molecule has 0 aliphatic heterocycles. The number of carbonyl (C=O) groups excluding carboxylic acids is 1. The number of hydrogen-bond donors (Lipinski definition) is 2. The molecule has 2 aromatic carbocycles. The summed E-state index contributed by atoms with van der Waals surface area (Å²) in [5, 5.41) is 2.80. The molecule has 3 aromatic rings. The zero-order chi connectivity index (χ0) is 23.6. The van der Waals surface area contributed by atoms with E-state index in [1.165, 1.54) is 29.8 Å². The summed E-state index contributed by atoms with van der Waals surface area (Å²) in [6.45, 7) is 7.99. The number of anilines is 1. The Bertz CT molecular complexity index is 1270. The molecule has 172 valence electrons. The number of aryl methyl sites for hydroxylation is 1. The van der Waals surface area contributed by atoms with Crippen molar-refractivity contribution in [3.8, 4) is 0 Å². The minimum absolute atomic E-state index is 0.0754. The van der Waals surface area contributed by atoms with Crippen LogP contribution in [0.4, 0.5) is 5.69 Å². The molecule has 8 nitrogen and oxygen atoms in total. The van der Waals surface area contributed by atoms with Gasteiger partial charge in [-0.1, -0.05) is 39.8 Å². The molecule has 0 spiro atoms. The van der Waals surface area contributed by atoms with E-state index in [4.69, 9.17) is 4.42 Å². The van der Waals surface area contributed by atoms with Crippen LogP contribution in [0.5, 0.6) is 0 Å². The van der Waals surface area contributed by atoms with Gasteiger partial charge in [-0.05, 0) is 48.1 Å². The van der Waals surface area contributed by atoms with Crippen LogP contribution in [0.25, 0.3) is 11.1 Å². The topological polar surface area (TPSA) is 110 Å². The summed E-state index contributed by atoms with van der Waals surface area (Å²) >= 11 is 0. The van der Waals surface area contributed by atoms with Crippen LogP contribution in [0.1, 0.15) is 45.6 Å². The Kier molecular flexibility index (Phi) is 6.90. The van der Waals surface area contributed by atoms with Gasteiger partial charge in [0.25, 0.3) is 0 Å². The zero-order valence-corrected chi connectivity index (χ0v) is 19.7. The van der Waals surface area contributed by atoms with Crippen LogP contribution in [0.15, 0.2) is 56.6 Å². The molecule has 1 heterocycles. The van der Waals surface area contributed by atoms with Gasteiger partial charge in [0, 0.05) is 18.8 Å². The number of fused-ring (bicyclic) bond motifs is 1. The van der Waals surface area contributed by atoms with Crippen LogP contribution in [-0.4, -0.2) is 24.9 Å². The molecule has 0 radical (unpaired) electrons. The summed E-state index contributed by atoms with van der Waals surface area (Å²) in [4.78, 5) is 24.6. The largest absolute Gasteiger partial charge is 0.419 e. The third-order valence-electron chi connectivity index (χ3n) is 5.24. The highest BCUT2D eigenvalue weighted by molar-refractivity contribution is 7.89. The Morgan fingerprint density at radius 2 is 1.72 bits per heavy atom. The smallest absolute Gasteiger partial charge is 0.408 e. The van der Waals surface area contributed by atoms with Crippen molar-refractivity contribution in [2.75, 3.05) is 5.32 Å². The molecule has 3 rings (SSSR count). The fourth-order valence-corrected chi connectivity index (χ4v) is 4.62. The van der Waals surface area contributed by atoms with Gasteiger partial charge in [-0.2, -0.15) is 4.72 Å². The number of nitrogens with one attached hydrogen (secondary N) is 2. The first-order valence-electron chi connectivity index (χ1n) is 10.5. The van der Waals surface area contributed by atoms with Crippen molar-refractivity contribution in [3.05, 3.63) is 58.6 Å². The number of rotatable bonds is 8. The maximum absolute atomic E-state index is 13.0. The molecule has 1 aromatic heterocycles. The average Bonchev–Trinajstić information content (AvgIpc) is 3.00. The highest BCUT2D eigenvalue weighted by Gasteiger charge is 2.27. The van der Waals surface area contributed by atoms with Gasteiger partial charge in [-0.3, -0.25) is 9.36 Å². The second kappa shape index (κ2) is 9.30. The molecule has 9 heteroatoms. The van der Waals surface area contributed by atoms with E-state index in [1.54, 1.807) is 12.1 Å². The van der Waals surface area contributed by atoms with E-state index in [-0.39, 0.29) is 16.4 Å². The second-order valence-corrected chi connectivity index (χ2v) is 10.3. The maximum Gasteiger partial charge on any atom is 0.419 e. The van der Waals surface area contributed by atoms with Crippen LogP contribution >= 0.6 is 0 Å². The van der Waals surface area contributed by atoms with E-state index in [9.17, 15) is 18.0 Å². The van der Waals surface area contributed by atoms with Crippen molar-refractivity contribution in [1.82, 2.24) is 9.29 Å². The number of benzene rings is 2. The Morgan fingerprint density at radius 1 is 1.06 bits per heavy atom. The van der Waals surface area contributed by atoms with E-state index in [2.05, 4.69) is 23.9 Å². The van der Waals surface area contributed by atoms with Crippen LogP contribution in [0.3, 0.4) is 0 Å². The van der Waals surface area contributed by atoms with E-state index < -0.39 is 27.7 Å². The number of carbonyl (C=O) groups is 1. The molecule has 2 N–H and O–H groups in total. The lowest BCUT2D eigenvalue weighted by molar-refractivity contribution is -0.118. The Labute approximate surface area is 187 Å². The fraction of sp³-hybridized carbons (Fsp3) is 0.391. The molecule has 32 heavy (non-hydrogen) atoms. The minimum atomic E-state index is -4.04. The number of aromatic nitrogens is 1. The Balaban J connectivity index is 1.83. The number of amides is 1. The first-order chi connectivity index (χ1) is 15.0. The summed E-state index contributed by atoms with van der Waals surface area (Å²) < 4.78 is 34.9. The summed E-state index contributed by atoms with van der Waals surface area (Å²) in [6, 6.07) is 10.7. The lowest BCUT2D eigenvalue weighted by Crippen LogP contribution is -2.44. The summed E-state index contributed by atoms with van der Waals surface area (Å²) in [5.74, 6) is -0.576. The molecular formula is C23H29N3O5S. The van der Waals surface area contributed by atoms with Crippen molar-refractivity contribution in [1.29, 1.82) is 0 Å². The number of sulfonamides is 1. The lowest BCUT2D eigenvalue weighted by atomic mass is 10.0. The molecule has 0 unspecified atom stereocenters. The van der Waals surface area contributed by atoms with Crippen molar-refractivity contribution >= 4 is 32.7 Å². The summed E-state index contributed by atoms with van der Waals surface area (Å²) in [5.41, 5.74) is 2.39. The van der Waals surface area contributed by atoms with Crippen LogP contribution in [0, 0.1) is 5.92 Å². The van der Waals surface area contributed by atoms with Crippen LogP contribution in [0.2, 0.25) is 0 Å². The Hall–Kier alpha value is -2.91. The average molecular weight is 460 g/mol. The predicted molar refractivity (Wildman–Crippen MR) is 124 cm³/mol. The normalized spacial score (nSPS) is 13.1. The number of oxazole rings is 1. The quantitative estimate of drug-likeness (QED) is 0.535. The summed E-state index contributed by atoms with van der Waals surface area (Å²) in [7, 11) is -2.50. The van der Waals surface area contributed by atoms with Crippen molar-refractivity contribution in [2.45, 2.75) is 51.0 Å². The highest BCUT2D eigenvalue weighted by Crippen LogP contribution is 2.20. The van der Waals surface area contributed by atoms with E-state index in [1.807, 2.05) is 26.0 Å². The molecule has 1 atom stereocenters. The zero-order valence-electron chi connectivity index (χ0n) is 18.9. The van der Waals surface area contributed by atoms with E-state index in [0.717, 1.165) is 5.56 Å². The third kappa shape index (κ3) is 5.28. The fourth-order valence-electron chi connectivity index (χ4n) is 3.40. The minimum Gasteiger partial charge on any atom is -0.408 e. The van der Waals surface area contributed by atoms with Crippen molar-refractivity contribution in [2.24, 2.45) is 13.0 Å². The van der Waals surface area contributed by atoms with Gasteiger partial charge in [-0.15, -0.1) is 0 Å². The first kappa shape index (κ1) is 23.7. The number of hydrogen-bond acceptors (Lipinski definition) is 5. The van der Waals surface area contributed by atoms with Crippen molar-refractivity contribution in [3.63, 3.8) is 0 Å². The van der Waals surface area contributed by atoms with Gasteiger partial charge in [0.05, 0.1) is 10.4 Å². The molecule has 0 aliphatic rings. The monoisotopic (exact) mass is 459 g/mol. The lowest BCUT2D eigenvalue weighted by Gasteiger charge is -2.20. The SMILES string of the molecule is CC(C)C[C@H](NS(=O)(=O)c1ccc2c(c1)oc(=O)n2C)C(=O)Nc1ccc(C(C)C)cc1. The first-order valence-corrected chi connectivity index (χ1v) is 12.0. The Morgan fingerprint density at radius 3 is 2.31 bits per heavy atom. The molecule has 0 fully saturated rings. The van der Waals surface area contributed by atoms with Crippen LogP contribution in [-0.2, 0) is 21.9 Å². The molecule has 0 bridgehead atoms. The van der Waals surface area contributed by atoms with E-state index in [0.29, 0.717) is 23.5 Å². The van der Waals surface area contributed by atoms with Gasteiger partial charge < -0.3 is 9.73 Å². The van der Waals surface area contributed by atoms with Gasteiger partial charge in [0.15, 0.2) is 5.58 Å². The van der Waals surface area contributed by atoms with Gasteiger partial charge in [0.1, 0.15) is 6.04 Å². The van der Waals surface area contributed by atoms with Gasteiger partial charge in [0.2, 0.25) is 15.9 Å². The molecule has 0 aliphatic carbocycles. The maximum atomic E-state index is 13.0. The molecule has 0 saturated heterocycles. The predicted octanol–water partition coefficient (Wildman–Crippen LogP) is 3.59. The summed E-state index contributed by atoms with van der Waals surface area (Å²) in [6.07, 6.45) is 0.317.